The van der Waals surface area contributed by atoms with Crippen LogP contribution < -0.4 is 4.90 Å². The van der Waals surface area contributed by atoms with E-state index in [1.807, 2.05) is 24.4 Å². The summed E-state index contributed by atoms with van der Waals surface area (Å²) in [5.74, 6) is -0.614. The first-order chi connectivity index (χ1) is 9.63. The minimum Gasteiger partial charge on any atom is -0.466 e. The largest absolute Gasteiger partial charge is 0.466 e. The summed E-state index contributed by atoms with van der Waals surface area (Å²) < 4.78 is 4.80. The van der Waals surface area contributed by atoms with Gasteiger partial charge in [0.2, 0.25) is 5.91 Å². The third-order valence-corrected chi connectivity index (χ3v) is 3.71. The van der Waals surface area contributed by atoms with Crippen LogP contribution in [0.4, 0.5) is 5.00 Å². The third-order valence-electron chi connectivity index (χ3n) is 2.73. The first-order valence-corrected chi connectivity index (χ1v) is 7.41. The normalized spacial score (nSPS) is 9.85. The van der Waals surface area contributed by atoms with E-state index < -0.39 is 0 Å². The summed E-state index contributed by atoms with van der Waals surface area (Å²) in [6.07, 6.45) is 0.898. The topological polar surface area (TPSA) is 70.4 Å². The molecular weight excluding hydrogens is 276 g/mol. The van der Waals surface area contributed by atoms with Gasteiger partial charge in [-0.3, -0.25) is 14.5 Å². The molecule has 5 nitrogen and oxygen atoms in total. The maximum Gasteiger partial charge on any atom is 0.306 e. The smallest absolute Gasteiger partial charge is 0.306 e. The molecule has 0 spiro atoms. The summed E-state index contributed by atoms with van der Waals surface area (Å²) in [5, 5.41) is 11.6. The van der Waals surface area contributed by atoms with Crippen LogP contribution in [0.2, 0.25) is 0 Å². The lowest BCUT2D eigenvalue weighted by Crippen LogP contribution is -2.31. The van der Waals surface area contributed by atoms with E-state index in [1.165, 1.54) is 16.2 Å². The highest BCUT2D eigenvalue weighted by Crippen LogP contribution is 2.28. The van der Waals surface area contributed by atoms with Crippen molar-refractivity contribution < 1.29 is 14.3 Å². The Labute approximate surface area is 122 Å². The van der Waals surface area contributed by atoms with Crippen LogP contribution >= 0.6 is 11.3 Å². The highest BCUT2D eigenvalue weighted by Gasteiger charge is 2.20. The van der Waals surface area contributed by atoms with Gasteiger partial charge in [0.1, 0.15) is 11.5 Å². The molecule has 0 saturated heterocycles. The molecule has 0 fully saturated rings. The van der Waals surface area contributed by atoms with Gasteiger partial charge in [0.05, 0.1) is 19.1 Å². The molecule has 0 aliphatic carbocycles. The Morgan fingerprint density at radius 3 is 2.75 bits per heavy atom. The van der Waals surface area contributed by atoms with Crippen molar-refractivity contribution in [2.75, 3.05) is 18.1 Å². The minimum atomic E-state index is -0.389. The molecule has 0 aromatic carbocycles. The second-order valence-electron chi connectivity index (χ2n) is 4.05. The lowest BCUT2D eigenvalue weighted by Gasteiger charge is -2.19. The SMILES string of the molecule is CCOC(=O)CCC(=O)N(CC#N)c1sccc1CC. The summed E-state index contributed by atoms with van der Waals surface area (Å²) in [6, 6.07) is 3.94. The van der Waals surface area contributed by atoms with Gasteiger partial charge in [0.25, 0.3) is 0 Å². The van der Waals surface area contributed by atoms with Crippen LogP contribution in [0, 0.1) is 11.3 Å². The number of hydrogen-bond acceptors (Lipinski definition) is 5. The van der Waals surface area contributed by atoms with Gasteiger partial charge < -0.3 is 4.74 Å². The fourth-order valence-electron chi connectivity index (χ4n) is 1.75. The van der Waals surface area contributed by atoms with Crippen LogP contribution in [0.1, 0.15) is 32.3 Å². The van der Waals surface area contributed by atoms with Crippen LogP contribution in [0.3, 0.4) is 0 Å². The average Bonchev–Trinajstić information content (AvgIpc) is 2.90. The summed E-state index contributed by atoms with van der Waals surface area (Å²) in [4.78, 5) is 24.9. The van der Waals surface area contributed by atoms with Crippen molar-refractivity contribution in [3.05, 3.63) is 17.0 Å². The molecule has 20 heavy (non-hydrogen) atoms. The quantitative estimate of drug-likeness (QED) is 0.572. The van der Waals surface area contributed by atoms with Crippen LogP contribution in [0.5, 0.6) is 0 Å². The van der Waals surface area contributed by atoms with Crippen LogP contribution in [0.15, 0.2) is 11.4 Å². The van der Waals surface area contributed by atoms with Crippen LogP contribution in [0.25, 0.3) is 0 Å². The number of ether oxygens (including phenoxy) is 1. The first kappa shape index (κ1) is 16.2. The third kappa shape index (κ3) is 4.35. The zero-order valence-corrected chi connectivity index (χ0v) is 12.5. The molecule has 1 amide bonds. The number of carbonyl (C=O) groups excluding carboxylic acids is 2. The number of anilines is 1. The molecule has 1 heterocycles. The van der Waals surface area contributed by atoms with Gasteiger partial charge in [0, 0.05) is 6.42 Å². The van der Waals surface area contributed by atoms with Gasteiger partial charge >= 0.3 is 5.97 Å². The summed E-state index contributed by atoms with van der Waals surface area (Å²) in [6.45, 7) is 4.02. The fourth-order valence-corrected chi connectivity index (χ4v) is 2.77. The molecule has 0 unspecified atom stereocenters. The Hall–Kier alpha value is -1.87. The van der Waals surface area contributed by atoms with Crippen molar-refractivity contribution in [3.63, 3.8) is 0 Å². The Morgan fingerprint density at radius 1 is 1.40 bits per heavy atom. The molecule has 0 atom stereocenters. The molecule has 0 aliphatic rings. The second kappa shape index (κ2) is 8.33. The number of rotatable bonds is 7. The van der Waals surface area contributed by atoms with Crippen LogP contribution in [-0.4, -0.2) is 25.0 Å². The second-order valence-corrected chi connectivity index (χ2v) is 4.94. The molecule has 0 bridgehead atoms. The molecule has 0 N–H and O–H groups in total. The van der Waals surface area contributed by atoms with Gasteiger partial charge in [-0.15, -0.1) is 11.3 Å². The summed E-state index contributed by atoms with van der Waals surface area (Å²) in [7, 11) is 0. The van der Waals surface area contributed by atoms with E-state index in [-0.39, 0.29) is 31.3 Å². The van der Waals surface area contributed by atoms with E-state index in [0.717, 1.165) is 17.0 Å². The van der Waals surface area contributed by atoms with E-state index in [1.54, 1.807) is 6.92 Å². The molecule has 1 aromatic rings. The maximum absolute atomic E-state index is 12.2. The number of nitrogens with zero attached hydrogens (tertiary/aromatic N) is 2. The van der Waals surface area contributed by atoms with E-state index in [0.29, 0.717) is 6.61 Å². The predicted molar refractivity (Wildman–Crippen MR) is 77.5 cm³/mol. The zero-order valence-electron chi connectivity index (χ0n) is 11.7. The van der Waals surface area contributed by atoms with Gasteiger partial charge in [-0.2, -0.15) is 5.26 Å². The summed E-state index contributed by atoms with van der Waals surface area (Å²) >= 11 is 1.43. The Kier molecular flexibility index (Phi) is 6.74. The van der Waals surface area contributed by atoms with Crippen molar-refractivity contribution in [1.29, 1.82) is 5.26 Å². The Morgan fingerprint density at radius 2 is 2.15 bits per heavy atom. The fraction of sp³-hybridized carbons (Fsp3) is 0.500. The highest BCUT2D eigenvalue weighted by molar-refractivity contribution is 7.14. The van der Waals surface area contributed by atoms with E-state index >= 15 is 0 Å². The average molecular weight is 294 g/mol. The Bertz CT molecular complexity index is 505. The number of carbonyl (C=O) groups is 2. The van der Waals surface area contributed by atoms with Crippen molar-refractivity contribution >= 4 is 28.2 Å². The molecular formula is C14H18N2O3S. The van der Waals surface area contributed by atoms with Crippen molar-refractivity contribution in [2.24, 2.45) is 0 Å². The number of aryl methyl sites for hydroxylation is 1. The number of esters is 1. The van der Waals surface area contributed by atoms with E-state index in [2.05, 4.69) is 0 Å². The molecule has 0 radical (unpaired) electrons. The molecule has 0 aliphatic heterocycles. The van der Waals surface area contributed by atoms with Gasteiger partial charge in [-0.25, -0.2) is 0 Å². The molecule has 0 saturated carbocycles. The van der Waals surface area contributed by atoms with Crippen molar-refractivity contribution in [3.8, 4) is 6.07 Å². The van der Waals surface area contributed by atoms with E-state index in [9.17, 15) is 9.59 Å². The maximum atomic E-state index is 12.2. The standard InChI is InChI=1S/C14H18N2O3S/c1-3-11-7-10-20-14(11)16(9-8-15)12(17)5-6-13(18)19-4-2/h7,10H,3-6,9H2,1-2H3. The molecule has 108 valence electrons. The first-order valence-electron chi connectivity index (χ1n) is 6.53. The van der Waals surface area contributed by atoms with Gasteiger partial charge in [-0.1, -0.05) is 6.92 Å². The molecule has 6 heteroatoms. The van der Waals surface area contributed by atoms with Gasteiger partial charge in [0.15, 0.2) is 0 Å². The minimum absolute atomic E-state index is 0.00479. The molecule has 1 aromatic heterocycles. The van der Waals surface area contributed by atoms with Crippen molar-refractivity contribution in [1.82, 2.24) is 0 Å². The molecule has 1 rings (SSSR count). The zero-order chi connectivity index (χ0) is 15.0. The van der Waals surface area contributed by atoms with Gasteiger partial charge in [-0.05, 0) is 30.4 Å². The van der Waals surface area contributed by atoms with Crippen molar-refractivity contribution in [2.45, 2.75) is 33.1 Å². The summed E-state index contributed by atoms with van der Waals surface area (Å²) in [5.41, 5.74) is 1.04. The lowest BCUT2D eigenvalue weighted by atomic mass is 10.2. The predicted octanol–water partition coefficient (Wildman–Crippen LogP) is 2.51. The monoisotopic (exact) mass is 294 g/mol. The van der Waals surface area contributed by atoms with E-state index in [4.69, 9.17) is 10.00 Å². The van der Waals surface area contributed by atoms with Crippen LogP contribution in [-0.2, 0) is 20.7 Å². The lowest BCUT2D eigenvalue weighted by molar-refractivity contribution is -0.144. The Balaban J connectivity index is 2.74. The number of amides is 1. The number of nitriles is 1. The number of thiophene rings is 1. The highest BCUT2D eigenvalue weighted by atomic mass is 32.1. The number of hydrogen-bond donors (Lipinski definition) is 0.